The summed E-state index contributed by atoms with van der Waals surface area (Å²) in [5.41, 5.74) is 2.71. The van der Waals surface area contributed by atoms with E-state index >= 15 is 0 Å². The Balaban J connectivity index is 1.97. The number of hydrogen-bond donors (Lipinski definition) is 0. The van der Waals surface area contributed by atoms with E-state index in [4.69, 9.17) is 11.6 Å². The highest BCUT2D eigenvalue weighted by molar-refractivity contribution is 6.32. The highest BCUT2D eigenvalue weighted by atomic mass is 35.5. The van der Waals surface area contributed by atoms with Crippen LogP contribution in [0.3, 0.4) is 0 Å². The second kappa shape index (κ2) is 4.74. The summed E-state index contributed by atoms with van der Waals surface area (Å²) in [6.45, 7) is 3.91. The number of hydrogen-bond acceptors (Lipinski definition) is 2. The van der Waals surface area contributed by atoms with Crippen LogP contribution < -0.4 is 4.90 Å². The van der Waals surface area contributed by atoms with Gasteiger partial charge in [-0.15, -0.1) is 0 Å². The maximum Gasteiger partial charge on any atom is 0.238 e. The van der Waals surface area contributed by atoms with Crippen LogP contribution in [0.15, 0.2) is 29.8 Å². The summed E-state index contributed by atoms with van der Waals surface area (Å²) in [6, 6.07) is 5.32. The molecule has 2 atom stereocenters. The van der Waals surface area contributed by atoms with Crippen molar-refractivity contribution in [2.24, 2.45) is 11.8 Å². The number of aryl methyl sites for hydroxylation is 1. The molecule has 1 aliphatic heterocycles. The smallest absolute Gasteiger partial charge is 0.238 e. The normalized spacial score (nSPS) is 25.8. The largest absolute Gasteiger partial charge is 0.274 e. The molecule has 0 N–H and O–H groups in total. The Morgan fingerprint density at radius 2 is 1.85 bits per heavy atom. The van der Waals surface area contributed by atoms with Gasteiger partial charge in [-0.05, 0) is 44.4 Å². The van der Waals surface area contributed by atoms with E-state index in [9.17, 15) is 9.59 Å². The molecule has 1 saturated heterocycles. The summed E-state index contributed by atoms with van der Waals surface area (Å²) >= 11 is 6.10. The Hall–Kier alpha value is -1.61. The zero-order valence-electron chi connectivity index (χ0n) is 11.5. The number of halogens is 1. The average molecular weight is 290 g/mol. The van der Waals surface area contributed by atoms with Crippen LogP contribution in [0.25, 0.3) is 0 Å². The average Bonchev–Trinajstić information content (AvgIpc) is 2.65. The van der Waals surface area contributed by atoms with Crippen molar-refractivity contribution in [3.8, 4) is 0 Å². The van der Waals surface area contributed by atoms with Crippen LogP contribution in [0, 0.1) is 18.8 Å². The number of carbonyl (C=O) groups excluding carboxylic acids is 2. The SMILES string of the molecule is CC1=CC[C@@H]2C(=O)N(c3ccc(C)c(Cl)c3)C(=O)[C@H]2C1. The van der Waals surface area contributed by atoms with E-state index in [-0.39, 0.29) is 23.7 Å². The van der Waals surface area contributed by atoms with Gasteiger partial charge >= 0.3 is 0 Å². The molecule has 0 saturated carbocycles. The van der Waals surface area contributed by atoms with Crippen molar-refractivity contribution in [1.82, 2.24) is 0 Å². The molecule has 1 aromatic rings. The number of benzene rings is 1. The topological polar surface area (TPSA) is 37.4 Å². The summed E-state index contributed by atoms with van der Waals surface area (Å²) in [4.78, 5) is 26.3. The third-order valence-electron chi connectivity index (χ3n) is 4.24. The van der Waals surface area contributed by atoms with Gasteiger partial charge in [0.05, 0.1) is 17.5 Å². The molecule has 1 fully saturated rings. The number of fused-ring (bicyclic) bond motifs is 1. The molecular weight excluding hydrogens is 274 g/mol. The third-order valence-corrected chi connectivity index (χ3v) is 4.64. The second-order valence-corrected chi connectivity index (χ2v) is 6.06. The predicted octanol–water partition coefficient (Wildman–Crippen LogP) is 3.49. The summed E-state index contributed by atoms with van der Waals surface area (Å²) < 4.78 is 0. The van der Waals surface area contributed by atoms with Crippen LogP contribution >= 0.6 is 11.6 Å². The molecular formula is C16H16ClNO2. The highest BCUT2D eigenvalue weighted by Gasteiger charge is 2.48. The molecule has 20 heavy (non-hydrogen) atoms. The molecule has 3 nitrogen and oxygen atoms in total. The van der Waals surface area contributed by atoms with Gasteiger partial charge in [0.25, 0.3) is 0 Å². The highest BCUT2D eigenvalue weighted by Crippen LogP contribution is 2.40. The number of anilines is 1. The number of rotatable bonds is 1. The number of carbonyl (C=O) groups is 2. The van der Waals surface area contributed by atoms with Crippen LogP contribution in [0.4, 0.5) is 5.69 Å². The fraction of sp³-hybridized carbons (Fsp3) is 0.375. The number of imide groups is 1. The standard InChI is InChI=1S/C16H16ClNO2/c1-9-3-6-12-13(7-9)16(20)18(15(12)19)11-5-4-10(2)14(17)8-11/h3-5,8,12-13H,6-7H2,1-2H3/t12-,13-/m0/s1. The molecule has 0 spiro atoms. The molecule has 1 aromatic carbocycles. The Morgan fingerprint density at radius 1 is 1.15 bits per heavy atom. The van der Waals surface area contributed by atoms with E-state index in [1.54, 1.807) is 12.1 Å². The Bertz CT molecular complexity index is 635. The van der Waals surface area contributed by atoms with Gasteiger partial charge in [-0.25, -0.2) is 4.90 Å². The van der Waals surface area contributed by atoms with Crippen LogP contribution in [0.1, 0.15) is 25.3 Å². The van der Waals surface area contributed by atoms with E-state index in [0.29, 0.717) is 23.6 Å². The number of allylic oxidation sites excluding steroid dienone is 2. The Kier molecular flexibility index (Phi) is 3.17. The van der Waals surface area contributed by atoms with Gasteiger partial charge < -0.3 is 0 Å². The van der Waals surface area contributed by atoms with Crippen molar-refractivity contribution < 1.29 is 9.59 Å². The molecule has 3 rings (SSSR count). The van der Waals surface area contributed by atoms with Crippen molar-refractivity contribution in [2.75, 3.05) is 4.90 Å². The van der Waals surface area contributed by atoms with E-state index < -0.39 is 0 Å². The molecule has 0 radical (unpaired) electrons. The van der Waals surface area contributed by atoms with Crippen LogP contribution in [0.2, 0.25) is 5.02 Å². The van der Waals surface area contributed by atoms with Crippen LogP contribution in [0.5, 0.6) is 0 Å². The van der Waals surface area contributed by atoms with E-state index in [1.165, 1.54) is 10.5 Å². The maximum absolute atomic E-state index is 12.5. The van der Waals surface area contributed by atoms with Gasteiger partial charge in [-0.3, -0.25) is 9.59 Å². The molecule has 0 aromatic heterocycles. The van der Waals surface area contributed by atoms with Crippen LogP contribution in [-0.4, -0.2) is 11.8 Å². The van der Waals surface area contributed by atoms with Gasteiger partial charge in [-0.1, -0.05) is 29.3 Å². The van der Waals surface area contributed by atoms with Crippen molar-refractivity contribution in [3.63, 3.8) is 0 Å². The lowest BCUT2D eigenvalue weighted by Gasteiger charge is -2.18. The van der Waals surface area contributed by atoms with Gasteiger partial charge in [0, 0.05) is 5.02 Å². The first-order chi connectivity index (χ1) is 9.49. The zero-order chi connectivity index (χ0) is 14.4. The molecule has 0 bridgehead atoms. The molecule has 1 heterocycles. The Morgan fingerprint density at radius 3 is 2.55 bits per heavy atom. The summed E-state index contributed by atoms with van der Waals surface area (Å²) in [6.07, 6.45) is 3.42. The lowest BCUT2D eigenvalue weighted by atomic mass is 9.82. The van der Waals surface area contributed by atoms with Gasteiger partial charge in [0.2, 0.25) is 11.8 Å². The van der Waals surface area contributed by atoms with Crippen molar-refractivity contribution in [2.45, 2.75) is 26.7 Å². The van der Waals surface area contributed by atoms with Crippen LogP contribution in [-0.2, 0) is 9.59 Å². The summed E-state index contributed by atoms with van der Waals surface area (Å²) in [5, 5.41) is 0.576. The minimum atomic E-state index is -0.203. The maximum atomic E-state index is 12.5. The van der Waals surface area contributed by atoms with Crippen molar-refractivity contribution in [3.05, 3.63) is 40.4 Å². The molecule has 2 aliphatic rings. The second-order valence-electron chi connectivity index (χ2n) is 5.65. The Labute approximate surface area is 123 Å². The fourth-order valence-corrected chi connectivity index (χ4v) is 3.19. The van der Waals surface area contributed by atoms with Crippen molar-refractivity contribution >= 4 is 29.1 Å². The minimum Gasteiger partial charge on any atom is -0.274 e. The fourth-order valence-electron chi connectivity index (χ4n) is 3.01. The van der Waals surface area contributed by atoms with Gasteiger partial charge in [0.15, 0.2) is 0 Å². The summed E-state index contributed by atoms with van der Waals surface area (Å²) in [7, 11) is 0. The monoisotopic (exact) mass is 289 g/mol. The quantitative estimate of drug-likeness (QED) is 0.586. The molecule has 4 heteroatoms. The van der Waals surface area contributed by atoms with E-state index in [1.807, 2.05) is 19.9 Å². The zero-order valence-corrected chi connectivity index (χ0v) is 12.3. The number of nitrogens with zero attached hydrogens (tertiary/aromatic N) is 1. The van der Waals surface area contributed by atoms with E-state index in [0.717, 1.165) is 5.56 Å². The first kappa shape index (κ1) is 13.4. The third kappa shape index (κ3) is 1.97. The molecule has 104 valence electrons. The predicted molar refractivity (Wildman–Crippen MR) is 78.7 cm³/mol. The lowest BCUT2D eigenvalue weighted by molar-refractivity contribution is -0.122. The van der Waals surface area contributed by atoms with Crippen molar-refractivity contribution in [1.29, 1.82) is 0 Å². The minimum absolute atomic E-state index is 0.0904. The summed E-state index contributed by atoms with van der Waals surface area (Å²) in [5.74, 6) is -0.588. The lowest BCUT2D eigenvalue weighted by Crippen LogP contribution is -2.30. The van der Waals surface area contributed by atoms with Gasteiger partial charge in [0.1, 0.15) is 0 Å². The van der Waals surface area contributed by atoms with Gasteiger partial charge in [-0.2, -0.15) is 0 Å². The number of amides is 2. The molecule has 0 unspecified atom stereocenters. The first-order valence-corrected chi connectivity index (χ1v) is 7.16. The molecule has 2 amide bonds. The van der Waals surface area contributed by atoms with E-state index in [2.05, 4.69) is 6.08 Å². The first-order valence-electron chi connectivity index (χ1n) is 6.78. The molecule has 1 aliphatic carbocycles.